The molecule has 0 bridgehead atoms. The molecule has 3 N–H and O–H groups in total. The minimum atomic E-state index is -1.13. The molecule has 0 aliphatic carbocycles. The maximum absolute atomic E-state index is 14.3. The molecular weight excluding hydrogens is 439 g/mol. The van der Waals surface area contributed by atoms with Crippen molar-refractivity contribution in [3.05, 3.63) is 42.0 Å². The second kappa shape index (κ2) is 13.8. The van der Waals surface area contributed by atoms with Crippen LogP contribution in [0.4, 0.5) is 16.0 Å². The van der Waals surface area contributed by atoms with Gasteiger partial charge in [0.15, 0.2) is 0 Å². The summed E-state index contributed by atoms with van der Waals surface area (Å²) in [6.07, 6.45) is 6.94. The Morgan fingerprint density at radius 2 is 2.21 bits per heavy atom. The molecule has 0 radical (unpaired) electrons. The van der Waals surface area contributed by atoms with E-state index in [1.807, 2.05) is 4.90 Å². The van der Waals surface area contributed by atoms with Gasteiger partial charge in [0.1, 0.15) is 30.2 Å². The number of fused-ring (bicyclic) bond motifs is 1. The van der Waals surface area contributed by atoms with E-state index in [0.29, 0.717) is 25.3 Å². The highest BCUT2D eigenvalue weighted by molar-refractivity contribution is 5.76. The molecule has 1 aliphatic rings. The first-order chi connectivity index (χ1) is 16.5. The number of hydrogen-bond acceptors (Lipinski definition) is 8. The molecule has 34 heavy (non-hydrogen) atoms. The zero-order valence-electron chi connectivity index (χ0n) is 19.8. The SMILES string of the molecule is COCC(F)CN(CCCCc1ccc2c(n1)NCCC2)CCC(Nc1ccncn1)C(=O)O. The van der Waals surface area contributed by atoms with Crippen molar-refractivity contribution in [3.8, 4) is 0 Å². The van der Waals surface area contributed by atoms with Gasteiger partial charge in [-0.15, -0.1) is 0 Å². The largest absolute Gasteiger partial charge is 0.480 e. The molecule has 0 saturated carbocycles. The first kappa shape index (κ1) is 25.8. The van der Waals surface area contributed by atoms with Crippen LogP contribution in [0.5, 0.6) is 0 Å². The molecule has 3 rings (SSSR count). The van der Waals surface area contributed by atoms with Gasteiger partial charge in [0, 0.05) is 38.6 Å². The average molecular weight is 475 g/mol. The summed E-state index contributed by atoms with van der Waals surface area (Å²) < 4.78 is 19.2. The third-order valence-electron chi connectivity index (χ3n) is 5.85. The van der Waals surface area contributed by atoms with Gasteiger partial charge in [-0.3, -0.25) is 0 Å². The second-order valence-corrected chi connectivity index (χ2v) is 8.57. The van der Waals surface area contributed by atoms with E-state index < -0.39 is 18.2 Å². The number of halogens is 1. The van der Waals surface area contributed by atoms with Gasteiger partial charge in [-0.25, -0.2) is 24.1 Å². The van der Waals surface area contributed by atoms with Crippen molar-refractivity contribution in [3.63, 3.8) is 0 Å². The molecule has 1 aliphatic heterocycles. The number of rotatable bonds is 15. The van der Waals surface area contributed by atoms with Crippen molar-refractivity contribution in [1.82, 2.24) is 19.9 Å². The van der Waals surface area contributed by atoms with Gasteiger partial charge < -0.3 is 25.4 Å². The minimum absolute atomic E-state index is 0.0179. The van der Waals surface area contributed by atoms with Crippen molar-refractivity contribution < 1.29 is 19.0 Å². The summed E-state index contributed by atoms with van der Waals surface area (Å²) in [5, 5.41) is 15.9. The zero-order chi connectivity index (χ0) is 24.2. The molecule has 2 aromatic rings. The van der Waals surface area contributed by atoms with E-state index in [4.69, 9.17) is 9.72 Å². The van der Waals surface area contributed by atoms with Crippen LogP contribution in [0.1, 0.15) is 36.9 Å². The molecule has 0 fully saturated rings. The van der Waals surface area contributed by atoms with Crippen molar-refractivity contribution in [1.29, 1.82) is 0 Å². The molecule has 186 valence electrons. The maximum atomic E-state index is 14.3. The minimum Gasteiger partial charge on any atom is -0.480 e. The van der Waals surface area contributed by atoms with Gasteiger partial charge >= 0.3 is 5.97 Å². The van der Waals surface area contributed by atoms with E-state index >= 15 is 0 Å². The molecule has 0 spiro atoms. The fourth-order valence-corrected chi connectivity index (χ4v) is 4.08. The van der Waals surface area contributed by atoms with Crippen LogP contribution in [0, 0.1) is 0 Å². The number of aryl methyl sites for hydroxylation is 2. The fraction of sp³-hybridized carbons (Fsp3) is 0.583. The van der Waals surface area contributed by atoms with E-state index in [2.05, 4.69) is 32.7 Å². The molecule has 10 heteroatoms. The molecule has 0 saturated heterocycles. The summed E-state index contributed by atoms with van der Waals surface area (Å²) >= 11 is 0. The van der Waals surface area contributed by atoms with E-state index in [1.54, 1.807) is 12.3 Å². The number of anilines is 2. The number of carboxylic acid groups (broad SMARTS) is 1. The topological polar surface area (TPSA) is 113 Å². The van der Waals surface area contributed by atoms with Gasteiger partial charge in [-0.1, -0.05) is 6.07 Å². The van der Waals surface area contributed by atoms with E-state index in [-0.39, 0.29) is 13.2 Å². The number of carboxylic acids is 1. The van der Waals surface area contributed by atoms with Crippen LogP contribution < -0.4 is 10.6 Å². The lowest BCUT2D eigenvalue weighted by molar-refractivity contribution is -0.138. The number of aliphatic carboxylic acids is 1. The van der Waals surface area contributed by atoms with E-state index in [0.717, 1.165) is 50.2 Å². The fourth-order valence-electron chi connectivity index (χ4n) is 4.08. The molecule has 0 aromatic carbocycles. The molecule has 2 unspecified atom stereocenters. The summed E-state index contributed by atoms with van der Waals surface area (Å²) in [7, 11) is 1.48. The number of aromatic nitrogens is 3. The van der Waals surface area contributed by atoms with Crippen molar-refractivity contribution >= 4 is 17.6 Å². The highest BCUT2D eigenvalue weighted by Crippen LogP contribution is 2.20. The lowest BCUT2D eigenvalue weighted by Gasteiger charge is -2.26. The van der Waals surface area contributed by atoms with Gasteiger partial charge in [-0.05, 0) is 62.8 Å². The van der Waals surface area contributed by atoms with Crippen LogP contribution in [0.3, 0.4) is 0 Å². The van der Waals surface area contributed by atoms with Crippen LogP contribution >= 0.6 is 0 Å². The Labute approximate surface area is 200 Å². The third kappa shape index (κ3) is 8.49. The number of nitrogens with zero attached hydrogens (tertiary/aromatic N) is 4. The second-order valence-electron chi connectivity index (χ2n) is 8.57. The summed E-state index contributed by atoms with van der Waals surface area (Å²) in [5.41, 5.74) is 2.33. The number of nitrogens with one attached hydrogen (secondary N) is 2. The lowest BCUT2D eigenvalue weighted by Crippen LogP contribution is -2.38. The van der Waals surface area contributed by atoms with Gasteiger partial charge in [0.2, 0.25) is 0 Å². The predicted molar refractivity (Wildman–Crippen MR) is 129 cm³/mol. The Hall–Kier alpha value is -2.85. The molecule has 2 atom stereocenters. The standard InChI is InChI=1S/C24H35FN6O3/c1-34-16-19(25)15-31(14-10-21(24(32)33)30-22-9-12-26-17-28-22)13-3-2-6-20-8-7-18-5-4-11-27-23(18)29-20/h7-9,12,17,19,21H,2-6,10-11,13-16H2,1H3,(H,27,29)(H,32,33)(H,26,28,30). The van der Waals surface area contributed by atoms with Crippen molar-refractivity contribution in [2.24, 2.45) is 0 Å². The summed E-state index contributed by atoms with van der Waals surface area (Å²) in [4.78, 5) is 26.3. The Balaban J connectivity index is 1.50. The average Bonchev–Trinajstić information content (AvgIpc) is 2.84. The number of unbranched alkanes of at least 4 members (excludes halogenated alkanes) is 1. The number of hydrogen-bond donors (Lipinski definition) is 3. The number of ether oxygens (including phenoxy) is 1. The molecule has 2 aromatic heterocycles. The Morgan fingerprint density at radius 1 is 1.32 bits per heavy atom. The molecule has 0 amide bonds. The molecular formula is C24H35FN6O3. The first-order valence-electron chi connectivity index (χ1n) is 11.9. The smallest absolute Gasteiger partial charge is 0.326 e. The summed E-state index contributed by atoms with van der Waals surface area (Å²) in [6, 6.07) is 5.04. The van der Waals surface area contributed by atoms with Crippen LogP contribution in [0.2, 0.25) is 0 Å². The monoisotopic (exact) mass is 474 g/mol. The van der Waals surface area contributed by atoms with Gasteiger partial charge in [-0.2, -0.15) is 0 Å². The lowest BCUT2D eigenvalue weighted by atomic mass is 10.1. The van der Waals surface area contributed by atoms with Crippen LogP contribution in [-0.2, 0) is 22.4 Å². The highest BCUT2D eigenvalue weighted by atomic mass is 19.1. The van der Waals surface area contributed by atoms with Crippen LogP contribution in [0.15, 0.2) is 30.7 Å². The van der Waals surface area contributed by atoms with E-state index in [9.17, 15) is 14.3 Å². The maximum Gasteiger partial charge on any atom is 0.326 e. The number of alkyl halides is 1. The predicted octanol–water partition coefficient (Wildman–Crippen LogP) is 2.79. The van der Waals surface area contributed by atoms with Crippen LogP contribution in [0.25, 0.3) is 0 Å². The van der Waals surface area contributed by atoms with E-state index in [1.165, 1.54) is 19.0 Å². The van der Waals surface area contributed by atoms with Crippen molar-refractivity contribution in [2.45, 2.75) is 50.7 Å². The first-order valence-corrected chi connectivity index (χ1v) is 11.9. The molecule has 9 nitrogen and oxygen atoms in total. The quantitative estimate of drug-likeness (QED) is 0.335. The normalized spacial score (nSPS) is 14.8. The van der Waals surface area contributed by atoms with Gasteiger partial charge in [0.25, 0.3) is 0 Å². The van der Waals surface area contributed by atoms with Gasteiger partial charge in [0.05, 0.1) is 6.61 Å². The molecule has 3 heterocycles. The Bertz CT molecular complexity index is 888. The van der Waals surface area contributed by atoms with Crippen LogP contribution in [-0.4, -0.2) is 83.0 Å². The summed E-state index contributed by atoms with van der Waals surface area (Å²) in [6.45, 7) is 2.31. The van der Waals surface area contributed by atoms with Crippen molar-refractivity contribution in [2.75, 3.05) is 50.5 Å². The third-order valence-corrected chi connectivity index (χ3v) is 5.85. The summed E-state index contributed by atoms with van der Waals surface area (Å²) in [5.74, 6) is 0.476. The number of pyridine rings is 1. The number of methoxy groups -OCH3 is 1. The highest BCUT2D eigenvalue weighted by Gasteiger charge is 2.21. The Morgan fingerprint density at radius 3 is 2.97 bits per heavy atom. The Kier molecular flexibility index (Phi) is 10.4. The number of carbonyl (C=O) groups is 1. The zero-order valence-corrected chi connectivity index (χ0v) is 19.8.